The fourth-order valence-electron chi connectivity index (χ4n) is 9.44. The number of carbonyl (C=O) groups is 4. The lowest BCUT2D eigenvalue weighted by Crippen LogP contribution is -2.51. The van der Waals surface area contributed by atoms with Gasteiger partial charge in [-0.15, -0.1) is 11.3 Å². The van der Waals surface area contributed by atoms with Crippen LogP contribution < -0.4 is 9.64 Å². The fraction of sp³-hybridized carbons (Fsp3) is 0.342. The van der Waals surface area contributed by atoms with Crippen LogP contribution in [0, 0.1) is 41.9 Å². The molecule has 2 aromatic carbocycles. The summed E-state index contributed by atoms with van der Waals surface area (Å²) < 4.78 is 8.72. The summed E-state index contributed by atoms with van der Waals surface area (Å²) >= 11 is 7.88. The zero-order chi connectivity index (χ0) is 35.0. The first-order valence-corrected chi connectivity index (χ1v) is 17.9. The smallest absolute Gasteiger partial charge is 0.242 e. The Morgan fingerprint density at radius 3 is 2.62 bits per heavy atom. The third-order valence-electron chi connectivity index (χ3n) is 11.9. The van der Waals surface area contributed by atoms with Gasteiger partial charge in [0, 0.05) is 47.8 Å². The highest BCUT2D eigenvalue weighted by molar-refractivity contribution is 7.22. The van der Waals surface area contributed by atoms with Gasteiger partial charge in [-0.1, -0.05) is 23.3 Å². The molecule has 4 amide bonds. The maximum atomic E-state index is 15.0. The molecule has 3 aliphatic heterocycles. The van der Waals surface area contributed by atoms with Gasteiger partial charge in [0.05, 0.1) is 34.3 Å². The number of allylic oxidation sites excluding steroid dienone is 3. The highest BCUT2D eigenvalue weighted by Crippen LogP contribution is 2.63. The van der Waals surface area contributed by atoms with Gasteiger partial charge in [0.2, 0.25) is 23.6 Å². The second-order valence-electron chi connectivity index (χ2n) is 14.4. The first-order chi connectivity index (χ1) is 23.9. The highest BCUT2D eigenvalue weighted by atomic mass is 35.5. The molecule has 1 saturated carbocycles. The highest BCUT2D eigenvalue weighted by Gasteiger charge is 2.68. The molecule has 0 radical (unpaired) electrons. The molecule has 3 fully saturated rings. The summed E-state index contributed by atoms with van der Waals surface area (Å²) in [4.78, 5) is 59.9. The van der Waals surface area contributed by atoms with Crippen molar-refractivity contribution in [3.8, 4) is 22.1 Å². The Balaban J connectivity index is 1.16. The molecular formula is C38H33ClN4O6S. The Morgan fingerprint density at radius 1 is 1.02 bits per heavy atom. The number of carbonyl (C=O) groups excluding carboxylic acids is 4. The molecule has 2 saturated heterocycles. The van der Waals surface area contributed by atoms with Crippen molar-refractivity contribution in [1.82, 2.24) is 14.7 Å². The average Bonchev–Trinajstić information content (AvgIpc) is 3.75. The van der Waals surface area contributed by atoms with Gasteiger partial charge in [-0.3, -0.25) is 28.8 Å². The standard InChI is InChI=1S/C38H33ClN4O6S/c1-17-24-13-20(39)5-10-29(24)50-33(17)27-15-30(42(4)40-27)43-35(46)26-14-25-22(7-8-23-31(25)36(47)41(3)34(23)45)32(38(26,2)37(43)48)19-11-18-12-21(44)6-9-28(18)49-16-19/h5-7,9-10,12-13,15-16,23,25-26,31-32,44H,8,11,14H2,1-4H3/t23-,25+,26-,31-,32-,38+/m0/s1. The molecule has 1 N–H and O–H groups in total. The van der Waals surface area contributed by atoms with Crippen molar-refractivity contribution in [1.29, 1.82) is 0 Å². The number of amides is 4. The van der Waals surface area contributed by atoms with Gasteiger partial charge in [-0.05, 0) is 85.5 Å². The van der Waals surface area contributed by atoms with Crippen molar-refractivity contribution in [2.24, 2.45) is 42.1 Å². The number of benzene rings is 2. The van der Waals surface area contributed by atoms with E-state index in [1.54, 1.807) is 53.6 Å². The number of halogens is 1. The number of imide groups is 2. The predicted molar refractivity (Wildman–Crippen MR) is 187 cm³/mol. The Labute approximate surface area is 296 Å². The van der Waals surface area contributed by atoms with Gasteiger partial charge in [-0.2, -0.15) is 5.10 Å². The molecule has 2 aromatic heterocycles. The Morgan fingerprint density at radius 2 is 1.82 bits per heavy atom. The third-order valence-corrected chi connectivity index (χ3v) is 13.4. The van der Waals surface area contributed by atoms with E-state index in [2.05, 4.69) is 0 Å². The summed E-state index contributed by atoms with van der Waals surface area (Å²) in [6, 6.07) is 12.5. The van der Waals surface area contributed by atoms with Gasteiger partial charge in [0.25, 0.3) is 0 Å². The number of thiophene rings is 1. The van der Waals surface area contributed by atoms with Crippen LogP contribution in [0.5, 0.6) is 11.5 Å². The first kappa shape index (κ1) is 31.3. The van der Waals surface area contributed by atoms with E-state index in [1.807, 2.05) is 38.1 Å². The molecule has 50 heavy (non-hydrogen) atoms. The second kappa shape index (κ2) is 10.6. The van der Waals surface area contributed by atoms with Crippen molar-refractivity contribution in [3.63, 3.8) is 0 Å². The Hall–Kier alpha value is -4.74. The van der Waals surface area contributed by atoms with Crippen LogP contribution in [0.3, 0.4) is 0 Å². The van der Waals surface area contributed by atoms with Crippen molar-refractivity contribution >= 4 is 62.5 Å². The zero-order valence-electron chi connectivity index (χ0n) is 27.8. The molecule has 2 aliphatic carbocycles. The van der Waals surface area contributed by atoms with Crippen LogP contribution in [0.15, 0.2) is 65.9 Å². The van der Waals surface area contributed by atoms with E-state index in [9.17, 15) is 19.5 Å². The molecule has 0 bridgehead atoms. The summed E-state index contributed by atoms with van der Waals surface area (Å²) in [5.41, 5.74) is 2.87. The van der Waals surface area contributed by atoms with Crippen LogP contribution in [0.2, 0.25) is 5.02 Å². The summed E-state index contributed by atoms with van der Waals surface area (Å²) in [5.74, 6) is -2.94. The van der Waals surface area contributed by atoms with Crippen LogP contribution >= 0.6 is 22.9 Å². The van der Waals surface area contributed by atoms with Crippen LogP contribution in [0.1, 0.15) is 30.9 Å². The number of phenols is 1. The van der Waals surface area contributed by atoms with Gasteiger partial charge < -0.3 is 9.84 Å². The molecule has 0 spiro atoms. The van der Waals surface area contributed by atoms with E-state index in [0.717, 1.165) is 37.2 Å². The molecule has 4 aromatic rings. The maximum Gasteiger partial charge on any atom is 0.242 e. The molecule has 5 aliphatic rings. The minimum Gasteiger partial charge on any atom is -0.508 e. The van der Waals surface area contributed by atoms with Crippen LogP contribution in [0.4, 0.5) is 5.82 Å². The topological polar surface area (TPSA) is 122 Å². The number of likely N-dealkylation sites (tertiary alicyclic amines) is 1. The van der Waals surface area contributed by atoms with Crippen LogP contribution in [0.25, 0.3) is 20.7 Å². The lowest BCUT2D eigenvalue weighted by molar-refractivity contribution is -0.139. The number of hydrogen-bond donors (Lipinski definition) is 1. The summed E-state index contributed by atoms with van der Waals surface area (Å²) in [6.07, 6.45) is 4.72. The largest absolute Gasteiger partial charge is 0.508 e. The number of aryl methyl sites for hydroxylation is 2. The number of hydrogen-bond acceptors (Lipinski definition) is 8. The van der Waals surface area contributed by atoms with E-state index in [1.165, 1.54) is 16.8 Å². The van der Waals surface area contributed by atoms with Crippen LogP contribution in [-0.2, 0) is 32.6 Å². The fourth-order valence-corrected chi connectivity index (χ4v) is 10.8. The minimum absolute atomic E-state index is 0.0966. The monoisotopic (exact) mass is 708 g/mol. The van der Waals surface area contributed by atoms with Crippen molar-refractivity contribution < 1.29 is 29.0 Å². The normalized spacial score (nSPS) is 28.7. The molecule has 10 nitrogen and oxygen atoms in total. The molecular weight excluding hydrogens is 676 g/mol. The van der Waals surface area contributed by atoms with Gasteiger partial charge in [-0.25, -0.2) is 4.90 Å². The van der Waals surface area contributed by atoms with Crippen molar-refractivity contribution in [3.05, 3.63) is 82.1 Å². The number of phenolic OH excluding ortho intramolecular Hbond substituents is 1. The predicted octanol–water partition coefficient (Wildman–Crippen LogP) is 6.18. The molecule has 6 atom stereocenters. The quantitative estimate of drug-likeness (QED) is 0.199. The number of nitrogens with zero attached hydrogens (tertiary/aromatic N) is 4. The minimum atomic E-state index is -1.22. The van der Waals surface area contributed by atoms with E-state index in [4.69, 9.17) is 21.4 Å². The molecule has 5 heterocycles. The number of aromatic nitrogens is 2. The van der Waals surface area contributed by atoms with Crippen molar-refractivity contribution in [2.75, 3.05) is 11.9 Å². The van der Waals surface area contributed by atoms with E-state index >= 15 is 4.79 Å². The SMILES string of the molecule is Cc1c(-c2cc(N3C(=O)[C@@H]4C[C@@H]5C(=CC[C@@H]6C(=O)N(C)C(=O)[C@@H]65)[C@H](C5=COc6ccc(O)cc6C5)[C@]4(C)C3=O)n(C)n2)sc2ccc(Cl)cc12. The zero-order valence-corrected chi connectivity index (χ0v) is 29.3. The lowest BCUT2D eigenvalue weighted by atomic mass is 9.51. The van der Waals surface area contributed by atoms with Gasteiger partial charge in [0.15, 0.2) is 0 Å². The molecule has 254 valence electrons. The van der Waals surface area contributed by atoms with Crippen LogP contribution in [-0.4, -0.2) is 50.5 Å². The molecule has 12 heteroatoms. The van der Waals surface area contributed by atoms with E-state index < -0.39 is 35.0 Å². The Kier molecular flexibility index (Phi) is 6.65. The van der Waals surface area contributed by atoms with Gasteiger partial charge in [0.1, 0.15) is 23.0 Å². The van der Waals surface area contributed by atoms with Gasteiger partial charge >= 0.3 is 0 Å². The molecule has 9 rings (SSSR count). The summed E-state index contributed by atoms with van der Waals surface area (Å²) in [5, 5.41) is 16.8. The summed E-state index contributed by atoms with van der Waals surface area (Å²) in [7, 11) is 3.25. The second-order valence-corrected chi connectivity index (χ2v) is 15.9. The number of fused-ring (bicyclic) bond motifs is 6. The van der Waals surface area contributed by atoms with E-state index in [-0.39, 0.29) is 35.8 Å². The van der Waals surface area contributed by atoms with E-state index in [0.29, 0.717) is 35.1 Å². The number of aromatic hydroxyl groups is 1. The van der Waals surface area contributed by atoms with Crippen molar-refractivity contribution in [2.45, 2.75) is 33.1 Å². The number of ether oxygens (including phenoxy) is 1. The lowest BCUT2D eigenvalue weighted by Gasteiger charge is -2.49. The number of anilines is 1. The maximum absolute atomic E-state index is 15.0. The summed E-state index contributed by atoms with van der Waals surface area (Å²) in [6.45, 7) is 3.87. The number of rotatable bonds is 3. The Bertz CT molecular complexity index is 2300. The average molecular weight is 709 g/mol. The third kappa shape index (κ3) is 4.10. The molecule has 0 unspecified atom stereocenters. The first-order valence-electron chi connectivity index (χ1n) is 16.7.